The highest BCUT2D eigenvalue weighted by atomic mass is 16.4. The summed E-state index contributed by atoms with van der Waals surface area (Å²) in [7, 11) is 0. The monoisotopic (exact) mass is 292 g/mol. The van der Waals surface area contributed by atoms with Gasteiger partial charge in [-0.05, 0) is 25.2 Å². The Balaban J connectivity index is 1.70. The number of amides is 1. The average molecular weight is 292 g/mol. The van der Waals surface area contributed by atoms with Crippen LogP contribution in [0.3, 0.4) is 0 Å². The van der Waals surface area contributed by atoms with Gasteiger partial charge in [-0.15, -0.1) is 0 Å². The van der Waals surface area contributed by atoms with Crippen LogP contribution in [0.2, 0.25) is 0 Å². The van der Waals surface area contributed by atoms with Gasteiger partial charge in [-0.2, -0.15) is 5.10 Å². The second-order valence-electron chi connectivity index (χ2n) is 5.91. The Bertz CT molecular complexity index is 516. The van der Waals surface area contributed by atoms with E-state index in [9.17, 15) is 14.7 Å². The van der Waals surface area contributed by atoms with Crippen LogP contribution in [0.4, 0.5) is 0 Å². The predicted octanol–water partition coefficient (Wildman–Crippen LogP) is 0.912. The van der Waals surface area contributed by atoms with Gasteiger partial charge < -0.3 is 10.0 Å². The lowest BCUT2D eigenvalue weighted by atomic mass is 9.84. The van der Waals surface area contributed by atoms with Crippen molar-refractivity contribution in [2.45, 2.75) is 57.2 Å². The molecule has 0 bridgehead atoms. The summed E-state index contributed by atoms with van der Waals surface area (Å²) in [5.41, 5.74) is 0. The molecule has 1 aromatic heterocycles. The molecule has 1 N–H and O–H groups in total. The number of likely N-dealkylation sites (tertiary alicyclic amines) is 1. The van der Waals surface area contributed by atoms with E-state index in [-0.39, 0.29) is 18.4 Å². The molecule has 1 saturated carbocycles. The summed E-state index contributed by atoms with van der Waals surface area (Å²) in [4.78, 5) is 29.5. The lowest BCUT2D eigenvalue weighted by molar-refractivity contribution is -0.150. The maximum atomic E-state index is 12.5. The number of aromatic nitrogens is 3. The molecule has 2 fully saturated rings. The first-order valence-electron chi connectivity index (χ1n) is 7.53. The molecule has 1 aliphatic carbocycles. The zero-order valence-corrected chi connectivity index (χ0v) is 11.9. The van der Waals surface area contributed by atoms with Gasteiger partial charge in [0.2, 0.25) is 5.91 Å². The van der Waals surface area contributed by atoms with Gasteiger partial charge in [0, 0.05) is 12.5 Å². The van der Waals surface area contributed by atoms with Gasteiger partial charge in [0.1, 0.15) is 18.7 Å². The summed E-state index contributed by atoms with van der Waals surface area (Å²) in [6, 6.07) is -0.538. The lowest BCUT2D eigenvalue weighted by Crippen LogP contribution is -2.46. The molecule has 2 aliphatic rings. The standard InChI is InChI=1S/C14H20N4O3/c19-13(5-6-17-9-15-8-16-17)18-11-4-2-1-3-10(11)7-12(18)14(20)21/h8-12H,1-7H2,(H,20,21)/t10-,11+,12+/m1/s1. The first-order valence-corrected chi connectivity index (χ1v) is 7.53. The van der Waals surface area contributed by atoms with Crippen LogP contribution in [0.1, 0.15) is 38.5 Å². The van der Waals surface area contributed by atoms with Crippen LogP contribution in [0.15, 0.2) is 12.7 Å². The predicted molar refractivity (Wildman–Crippen MR) is 73.3 cm³/mol. The number of carboxylic acid groups (broad SMARTS) is 1. The Kier molecular flexibility index (Phi) is 3.90. The van der Waals surface area contributed by atoms with Crippen molar-refractivity contribution < 1.29 is 14.7 Å². The fraction of sp³-hybridized carbons (Fsp3) is 0.714. The Labute approximate surface area is 123 Å². The molecule has 1 amide bonds. The van der Waals surface area contributed by atoms with E-state index in [2.05, 4.69) is 10.1 Å². The van der Waals surface area contributed by atoms with Crippen LogP contribution in [-0.4, -0.2) is 48.7 Å². The zero-order valence-electron chi connectivity index (χ0n) is 11.9. The first-order chi connectivity index (χ1) is 10.2. The lowest BCUT2D eigenvalue weighted by Gasteiger charge is -2.33. The van der Waals surface area contributed by atoms with Gasteiger partial charge in [-0.25, -0.2) is 9.78 Å². The van der Waals surface area contributed by atoms with E-state index < -0.39 is 12.0 Å². The smallest absolute Gasteiger partial charge is 0.326 e. The van der Waals surface area contributed by atoms with Gasteiger partial charge in [0.05, 0.1) is 6.54 Å². The van der Waals surface area contributed by atoms with Crippen molar-refractivity contribution in [2.75, 3.05) is 0 Å². The second-order valence-corrected chi connectivity index (χ2v) is 5.91. The summed E-state index contributed by atoms with van der Waals surface area (Å²) >= 11 is 0. The highest BCUT2D eigenvalue weighted by Crippen LogP contribution is 2.40. The van der Waals surface area contributed by atoms with Crippen molar-refractivity contribution in [1.82, 2.24) is 19.7 Å². The van der Waals surface area contributed by atoms with Crippen molar-refractivity contribution in [3.05, 3.63) is 12.7 Å². The number of carbonyl (C=O) groups is 2. The normalized spacial score (nSPS) is 28.4. The van der Waals surface area contributed by atoms with E-state index in [0.717, 1.165) is 25.7 Å². The van der Waals surface area contributed by atoms with E-state index in [1.807, 2.05) is 0 Å². The molecular weight excluding hydrogens is 272 g/mol. The van der Waals surface area contributed by atoms with Crippen molar-refractivity contribution in [1.29, 1.82) is 0 Å². The summed E-state index contributed by atoms with van der Waals surface area (Å²) < 4.78 is 1.60. The number of nitrogens with zero attached hydrogens (tertiary/aromatic N) is 4. The van der Waals surface area contributed by atoms with E-state index in [1.54, 1.807) is 15.9 Å². The van der Waals surface area contributed by atoms with Gasteiger partial charge in [0.15, 0.2) is 0 Å². The van der Waals surface area contributed by atoms with Crippen molar-refractivity contribution in [3.63, 3.8) is 0 Å². The summed E-state index contributed by atoms with van der Waals surface area (Å²) in [5.74, 6) is -0.596. The number of hydrogen-bond acceptors (Lipinski definition) is 4. The number of carboxylic acids is 1. The summed E-state index contributed by atoms with van der Waals surface area (Å²) in [5, 5.41) is 13.4. The average Bonchev–Trinajstić information content (AvgIpc) is 3.11. The van der Waals surface area contributed by atoms with Crippen LogP contribution in [-0.2, 0) is 16.1 Å². The quantitative estimate of drug-likeness (QED) is 0.891. The molecule has 7 nitrogen and oxygen atoms in total. The molecule has 114 valence electrons. The molecule has 1 aromatic rings. The van der Waals surface area contributed by atoms with Crippen molar-refractivity contribution in [2.24, 2.45) is 5.92 Å². The molecule has 1 saturated heterocycles. The van der Waals surface area contributed by atoms with Gasteiger partial charge in [0.25, 0.3) is 0 Å². The third kappa shape index (κ3) is 2.77. The second kappa shape index (κ2) is 5.83. The molecule has 7 heteroatoms. The highest BCUT2D eigenvalue weighted by molar-refractivity contribution is 5.84. The van der Waals surface area contributed by atoms with Crippen LogP contribution < -0.4 is 0 Å². The van der Waals surface area contributed by atoms with Crippen LogP contribution in [0.5, 0.6) is 0 Å². The van der Waals surface area contributed by atoms with E-state index in [4.69, 9.17) is 0 Å². The Morgan fingerprint density at radius 3 is 2.81 bits per heavy atom. The Hall–Kier alpha value is -1.92. The minimum atomic E-state index is -0.876. The largest absolute Gasteiger partial charge is 0.480 e. The van der Waals surface area contributed by atoms with Gasteiger partial charge in [-0.1, -0.05) is 12.8 Å². The number of hydrogen-bond donors (Lipinski definition) is 1. The molecule has 0 unspecified atom stereocenters. The summed E-state index contributed by atoms with van der Waals surface area (Å²) in [6.07, 6.45) is 8.08. The van der Waals surface area contributed by atoms with Crippen LogP contribution in [0.25, 0.3) is 0 Å². The topological polar surface area (TPSA) is 88.3 Å². The SMILES string of the molecule is O=C(O)[C@@H]1C[C@H]2CCCC[C@@H]2N1C(=O)CCn1cncn1. The Morgan fingerprint density at radius 1 is 1.29 bits per heavy atom. The van der Waals surface area contributed by atoms with Crippen molar-refractivity contribution >= 4 is 11.9 Å². The fourth-order valence-corrected chi connectivity index (χ4v) is 3.73. The maximum Gasteiger partial charge on any atom is 0.326 e. The third-order valence-electron chi connectivity index (χ3n) is 4.68. The van der Waals surface area contributed by atoms with E-state index in [0.29, 0.717) is 18.9 Å². The first kappa shape index (κ1) is 14.0. The van der Waals surface area contributed by atoms with Crippen LogP contribution >= 0.6 is 0 Å². The molecular formula is C14H20N4O3. The minimum Gasteiger partial charge on any atom is -0.480 e. The fourth-order valence-electron chi connectivity index (χ4n) is 3.73. The van der Waals surface area contributed by atoms with Gasteiger partial charge in [-0.3, -0.25) is 9.48 Å². The number of aliphatic carboxylic acids is 1. The highest BCUT2D eigenvalue weighted by Gasteiger charge is 2.47. The number of carbonyl (C=O) groups excluding carboxylic acids is 1. The van der Waals surface area contributed by atoms with Crippen molar-refractivity contribution in [3.8, 4) is 0 Å². The Morgan fingerprint density at radius 2 is 2.10 bits per heavy atom. The molecule has 21 heavy (non-hydrogen) atoms. The van der Waals surface area contributed by atoms with Gasteiger partial charge >= 0.3 is 5.97 Å². The molecule has 3 atom stereocenters. The molecule has 0 radical (unpaired) electrons. The number of aryl methyl sites for hydroxylation is 1. The number of fused-ring (bicyclic) bond motifs is 1. The number of rotatable bonds is 4. The maximum absolute atomic E-state index is 12.5. The molecule has 0 aromatic carbocycles. The third-order valence-corrected chi connectivity index (χ3v) is 4.68. The van der Waals surface area contributed by atoms with E-state index in [1.165, 1.54) is 6.33 Å². The summed E-state index contributed by atoms with van der Waals surface area (Å²) in [6.45, 7) is 0.444. The van der Waals surface area contributed by atoms with E-state index >= 15 is 0 Å². The minimum absolute atomic E-state index is 0.0766. The molecule has 2 heterocycles. The molecule has 0 spiro atoms. The zero-order chi connectivity index (χ0) is 14.8. The van der Waals surface area contributed by atoms with Crippen LogP contribution in [0, 0.1) is 5.92 Å². The molecule has 3 rings (SSSR count). The molecule has 1 aliphatic heterocycles.